The van der Waals surface area contributed by atoms with Crippen LogP contribution < -0.4 is 5.73 Å². The molecule has 3 nitrogen and oxygen atoms in total. The lowest BCUT2D eigenvalue weighted by Crippen LogP contribution is -2.49. The molecule has 2 rings (SSSR count). The average Bonchev–Trinajstić information content (AvgIpc) is 2.32. The highest BCUT2D eigenvalue weighted by Gasteiger charge is 2.22. The predicted octanol–water partition coefficient (Wildman–Crippen LogP) is 1.60. The van der Waals surface area contributed by atoms with Crippen LogP contribution in [0.25, 0.3) is 0 Å². The topological polar surface area (TPSA) is 32.5 Å². The molecule has 19 heavy (non-hydrogen) atoms. The third kappa shape index (κ3) is 3.49. The molecule has 1 aliphatic rings. The van der Waals surface area contributed by atoms with E-state index in [1.54, 1.807) is 12.1 Å². The number of thiocarbonyl (C=S) groups is 1. The van der Waals surface area contributed by atoms with Crippen LogP contribution in [-0.4, -0.2) is 47.5 Å². The Morgan fingerprint density at radius 2 is 2.21 bits per heavy atom. The molecule has 1 saturated heterocycles. The lowest BCUT2D eigenvalue weighted by molar-refractivity contribution is 0.0937. The summed E-state index contributed by atoms with van der Waals surface area (Å²) in [5, 5.41) is 0. The predicted molar refractivity (Wildman–Crippen MR) is 79.7 cm³/mol. The van der Waals surface area contributed by atoms with E-state index in [2.05, 4.69) is 23.8 Å². The van der Waals surface area contributed by atoms with E-state index in [9.17, 15) is 4.39 Å². The van der Waals surface area contributed by atoms with Crippen LogP contribution in [0.5, 0.6) is 0 Å². The smallest absolute Gasteiger partial charge is 0.123 e. The third-order valence-corrected chi connectivity index (χ3v) is 3.89. The maximum Gasteiger partial charge on any atom is 0.123 e. The van der Waals surface area contributed by atoms with Crippen molar-refractivity contribution < 1.29 is 4.39 Å². The van der Waals surface area contributed by atoms with E-state index in [0.29, 0.717) is 17.6 Å². The number of likely N-dealkylation sites (N-methyl/N-ethyl adjacent to an activating group) is 1. The molecular formula is C14H20FN3S. The van der Waals surface area contributed by atoms with Crippen molar-refractivity contribution in [2.45, 2.75) is 19.5 Å². The number of hydrogen-bond acceptors (Lipinski definition) is 3. The minimum Gasteiger partial charge on any atom is -0.389 e. The number of rotatable bonds is 3. The van der Waals surface area contributed by atoms with Gasteiger partial charge >= 0.3 is 0 Å². The Morgan fingerprint density at radius 1 is 1.47 bits per heavy atom. The highest BCUT2D eigenvalue weighted by atomic mass is 32.1. The van der Waals surface area contributed by atoms with Gasteiger partial charge in [0, 0.05) is 37.8 Å². The van der Waals surface area contributed by atoms with Gasteiger partial charge in [0.15, 0.2) is 0 Å². The standard InChI is InChI=1S/C14H20FN3S/c1-10-8-17(2)5-6-18(10)9-11-7-12(15)3-4-13(11)14(16)19/h3-4,7,10H,5-6,8-9H2,1-2H3,(H2,16,19). The molecule has 1 unspecified atom stereocenters. The van der Waals surface area contributed by atoms with Crippen LogP contribution in [0.15, 0.2) is 18.2 Å². The first-order chi connectivity index (χ1) is 8.97. The molecule has 0 saturated carbocycles. The quantitative estimate of drug-likeness (QED) is 0.853. The molecule has 2 N–H and O–H groups in total. The molecule has 1 aromatic rings. The molecule has 104 valence electrons. The number of halogens is 1. The number of nitrogens with two attached hydrogens (primary N) is 1. The lowest BCUT2D eigenvalue weighted by atomic mass is 10.0. The lowest BCUT2D eigenvalue weighted by Gasteiger charge is -2.38. The van der Waals surface area contributed by atoms with Crippen LogP contribution in [0.4, 0.5) is 4.39 Å². The zero-order valence-electron chi connectivity index (χ0n) is 11.4. The molecule has 1 aliphatic heterocycles. The molecule has 0 radical (unpaired) electrons. The van der Waals surface area contributed by atoms with Crippen molar-refractivity contribution in [3.05, 3.63) is 35.1 Å². The molecular weight excluding hydrogens is 261 g/mol. The van der Waals surface area contributed by atoms with E-state index < -0.39 is 0 Å². The van der Waals surface area contributed by atoms with E-state index in [4.69, 9.17) is 18.0 Å². The summed E-state index contributed by atoms with van der Waals surface area (Å²) in [5.74, 6) is -0.239. The van der Waals surface area contributed by atoms with Crippen molar-refractivity contribution >= 4 is 17.2 Å². The first kappa shape index (κ1) is 14.4. The summed E-state index contributed by atoms with van der Waals surface area (Å²) in [5.41, 5.74) is 7.37. The maximum atomic E-state index is 13.4. The zero-order valence-corrected chi connectivity index (χ0v) is 12.2. The number of benzene rings is 1. The van der Waals surface area contributed by atoms with E-state index in [0.717, 1.165) is 30.8 Å². The highest BCUT2D eigenvalue weighted by molar-refractivity contribution is 7.80. The van der Waals surface area contributed by atoms with Crippen LogP contribution in [0.3, 0.4) is 0 Å². The summed E-state index contributed by atoms with van der Waals surface area (Å²) in [6.07, 6.45) is 0. The molecule has 0 amide bonds. The van der Waals surface area contributed by atoms with Crippen LogP contribution in [-0.2, 0) is 6.54 Å². The van der Waals surface area contributed by atoms with Gasteiger partial charge in [0.25, 0.3) is 0 Å². The minimum atomic E-state index is -0.239. The normalized spacial score (nSPS) is 21.5. The van der Waals surface area contributed by atoms with Crippen molar-refractivity contribution in [1.29, 1.82) is 0 Å². The Morgan fingerprint density at radius 3 is 2.84 bits per heavy atom. The van der Waals surface area contributed by atoms with Gasteiger partial charge in [-0.2, -0.15) is 0 Å². The van der Waals surface area contributed by atoms with Crippen molar-refractivity contribution in [3.8, 4) is 0 Å². The Balaban J connectivity index is 2.18. The highest BCUT2D eigenvalue weighted by Crippen LogP contribution is 2.17. The summed E-state index contributed by atoms with van der Waals surface area (Å²) in [4.78, 5) is 4.98. The van der Waals surface area contributed by atoms with Crippen molar-refractivity contribution in [3.63, 3.8) is 0 Å². The fourth-order valence-corrected chi connectivity index (χ4v) is 2.76. The van der Waals surface area contributed by atoms with Gasteiger partial charge in [0.05, 0.1) is 0 Å². The minimum absolute atomic E-state index is 0.239. The fourth-order valence-electron chi connectivity index (χ4n) is 2.56. The molecule has 5 heteroatoms. The van der Waals surface area contributed by atoms with Gasteiger partial charge in [0.1, 0.15) is 10.8 Å². The second kappa shape index (κ2) is 5.94. The Kier molecular flexibility index (Phi) is 4.50. The van der Waals surface area contributed by atoms with E-state index in [1.165, 1.54) is 6.07 Å². The van der Waals surface area contributed by atoms with Gasteiger partial charge in [-0.1, -0.05) is 12.2 Å². The van der Waals surface area contributed by atoms with Gasteiger partial charge in [0.2, 0.25) is 0 Å². The van der Waals surface area contributed by atoms with Gasteiger partial charge in [-0.15, -0.1) is 0 Å². The third-order valence-electron chi connectivity index (χ3n) is 3.67. The van der Waals surface area contributed by atoms with Gasteiger partial charge in [-0.3, -0.25) is 4.90 Å². The molecule has 0 aromatic heterocycles. The Labute approximate surface area is 119 Å². The summed E-state index contributed by atoms with van der Waals surface area (Å²) >= 11 is 5.04. The summed E-state index contributed by atoms with van der Waals surface area (Å²) in [6.45, 7) is 5.92. The first-order valence-corrected chi connectivity index (χ1v) is 6.89. The van der Waals surface area contributed by atoms with Gasteiger partial charge in [-0.05, 0) is 37.7 Å². The van der Waals surface area contributed by atoms with Crippen molar-refractivity contribution in [1.82, 2.24) is 9.80 Å². The van der Waals surface area contributed by atoms with Crippen molar-refractivity contribution in [2.75, 3.05) is 26.7 Å². The molecule has 0 bridgehead atoms. The first-order valence-electron chi connectivity index (χ1n) is 6.48. The summed E-state index contributed by atoms with van der Waals surface area (Å²) < 4.78 is 13.4. The van der Waals surface area contributed by atoms with Gasteiger partial charge in [-0.25, -0.2) is 4.39 Å². The SMILES string of the molecule is CC1CN(C)CCN1Cc1cc(F)ccc1C(N)=S. The van der Waals surface area contributed by atoms with Crippen LogP contribution >= 0.6 is 12.2 Å². The molecule has 1 fully saturated rings. The monoisotopic (exact) mass is 281 g/mol. The largest absolute Gasteiger partial charge is 0.389 e. The van der Waals surface area contributed by atoms with Gasteiger partial charge < -0.3 is 10.6 Å². The van der Waals surface area contributed by atoms with Crippen LogP contribution in [0, 0.1) is 5.82 Å². The summed E-state index contributed by atoms with van der Waals surface area (Å²) in [6, 6.07) is 5.07. The average molecular weight is 281 g/mol. The van der Waals surface area contributed by atoms with E-state index >= 15 is 0 Å². The van der Waals surface area contributed by atoms with Crippen LogP contribution in [0.1, 0.15) is 18.1 Å². The molecule has 1 heterocycles. The Bertz CT molecular complexity index is 478. The fraction of sp³-hybridized carbons (Fsp3) is 0.500. The second-order valence-electron chi connectivity index (χ2n) is 5.25. The van der Waals surface area contributed by atoms with E-state index in [1.807, 2.05) is 0 Å². The maximum absolute atomic E-state index is 13.4. The number of piperazine rings is 1. The van der Waals surface area contributed by atoms with Crippen LogP contribution in [0.2, 0.25) is 0 Å². The molecule has 1 atom stereocenters. The van der Waals surface area contributed by atoms with E-state index in [-0.39, 0.29) is 5.82 Å². The number of hydrogen-bond donors (Lipinski definition) is 1. The molecule has 0 spiro atoms. The summed E-state index contributed by atoms with van der Waals surface area (Å²) in [7, 11) is 2.12. The second-order valence-corrected chi connectivity index (χ2v) is 5.69. The molecule has 1 aromatic carbocycles. The zero-order chi connectivity index (χ0) is 14.0. The van der Waals surface area contributed by atoms with Crippen molar-refractivity contribution in [2.24, 2.45) is 5.73 Å². The Hall–Kier alpha value is -1.04. The molecule has 0 aliphatic carbocycles. The number of nitrogens with zero attached hydrogens (tertiary/aromatic N) is 2.